The van der Waals surface area contributed by atoms with E-state index in [-0.39, 0.29) is 24.4 Å². The van der Waals surface area contributed by atoms with Crippen molar-refractivity contribution in [2.45, 2.75) is 75.9 Å². The summed E-state index contributed by atoms with van der Waals surface area (Å²) in [6.45, 7) is 8.92. The average molecular weight is 495 g/mol. The summed E-state index contributed by atoms with van der Waals surface area (Å²) in [5.74, 6) is -0.740. The van der Waals surface area contributed by atoms with Crippen molar-refractivity contribution in [2.24, 2.45) is 0 Å². The maximum atomic E-state index is 6.35. The molecule has 0 aromatic heterocycles. The maximum Gasteiger partial charge on any atom is 0.190 e. The van der Waals surface area contributed by atoms with Crippen molar-refractivity contribution in [1.29, 1.82) is 0 Å². The summed E-state index contributed by atoms with van der Waals surface area (Å²) in [6, 6.07) is 20.1. The van der Waals surface area contributed by atoms with Gasteiger partial charge in [0.15, 0.2) is 18.4 Å². The summed E-state index contributed by atoms with van der Waals surface area (Å²) in [6.07, 6.45) is 2.64. The van der Waals surface area contributed by atoms with E-state index in [9.17, 15) is 0 Å². The third-order valence-corrected chi connectivity index (χ3v) is 6.36. The Bertz CT molecular complexity index is 1010. The fraction of sp³-hybridized carbons (Fsp3) is 0.448. The van der Waals surface area contributed by atoms with E-state index < -0.39 is 24.5 Å². The van der Waals surface area contributed by atoms with Crippen molar-refractivity contribution in [3.8, 4) is 0 Å². The molecule has 3 aliphatic rings. The van der Waals surface area contributed by atoms with Crippen LogP contribution in [0.25, 0.3) is 0 Å². The summed E-state index contributed by atoms with van der Waals surface area (Å²) >= 11 is 0. The zero-order valence-electron chi connectivity index (χ0n) is 20.7. The molecule has 0 N–H and O–H groups in total. The van der Waals surface area contributed by atoms with E-state index in [1.54, 1.807) is 6.08 Å². The topological polar surface area (TPSA) is 64.6 Å². The molecular weight excluding hydrogens is 460 g/mol. The maximum absolute atomic E-state index is 6.35. The molecule has 0 bridgehead atoms. The summed E-state index contributed by atoms with van der Waals surface area (Å²) in [5.41, 5.74) is 2.19. The molecular formula is C29H34O7. The molecule has 0 saturated carbocycles. The molecule has 0 aliphatic carbocycles. The minimum Gasteiger partial charge on any atom is -0.374 e. The van der Waals surface area contributed by atoms with Gasteiger partial charge in [0.05, 0.1) is 19.8 Å². The quantitative estimate of drug-likeness (QED) is 0.450. The van der Waals surface area contributed by atoms with Gasteiger partial charge in [0.2, 0.25) is 0 Å². The molecule has 2 aromatic carbocycles. The van der Waals surface area contributed by atoms with Crippen LogP contribution in [0.5, 0.6) is 0 Å². The predicted octanol–water partition coefficient (Wildman–Crippen LogP) is 4.52. The molecule has 2 saturated heterocycles. The first-order valence-electron chi connectivity index (χ1n) is 12.4. The Balaban J connectivity index is 1.24. The number of hydrogen-bond donors (Lipinski definition) is 0. The second-order valence-corrected chi connectivity index (χ2v) is 9.60. The molecule has 7 nitrogen and oxygen atoms in total. The van der Waals surface area contributed by atoms with Crippen LogP contribution in [-0.4, -0.2) is 55.5 Å². The van der Waals surface area contributed by atoms with E-state index in [1.807, 2.05) is 86.7 Å². The lowest BCUT2D eigenvalue weighted by molar-refractivity contribution is -0.244. The highest BCUT2D eigenvalue weighted by Crippen LogP contribution is 2.39. The van der Waals surface area contributed by atoms with Gasteiger partial charge in [0.1, 0.15) is 30.5 Å². The summed E-state index contributed by atoms with van der Waals surface area (Å²) in [7, 11) is 0. The molecule has 36 heavy (non-hydrogen) atoms. The smallest absolute Gasteiger partial charge is 0.190 e. The van der Waals surface area contributed by atoms with E-state index in [2.05, 4.69) is 6.58 Å². The van der Waals surface area contributed by atoms with Gasteiger partial charge in [-0.1, -0.05) is 72.8 Å². The minimum atomic E-state index is -0.740. The molecule has 7 heteroatoms. The van der Waals surface area contributed by atoms with Gasteiger partial charge in [0, 0.05) is 0 Å². The first-order chi connectivity index (χ1) is 17.5. The molecule has 2 fully saturated rings. The van der Waals surface area contributed by atoms with Gasteiger partial charge in [-0.15, -0.1) is 6.58 Å². The van der Waals surface area contributed by atoms with Crippen LogP contribution in [0, 0.1) is 0 Å². The van der Waals surface area contributed by atoms with Crippen LogP contribution in [0.1, 0.15) is 25.0 Å². The van der Waals surface area contributed by atoms with Crippen molar-refractivity contribution >= 4 is 0 Å². The third kappa shape index (κ3) is 6.12. The molecule has 2 aromatic rings. The Morgan fingerprint density at radius 2 is 1.58 bits per heavy atom. The lowest BCUT2D eigenvalue weighted by atomic mass is 10.1. The largest absolute Gasteiger partial charge is 0.374 e. The first kappa shape index (κ1) is 25.3. The van der Waals surface area contributed by atoms with Crippen LogP contribution in [0.3, 0.4) is 0 Å². The number of ether oxygens (including phenoxy) is 7. The van der Waals surface area contributed by atoms with Gasteiger partial charge in [-0.3, -0.25) is 0 Å². The third-order valence-electron chi connectivity index (χ3n) is 6.36. The zero-order valence-corrected chi connectivity index (χ0v) is 20.7. The summed E-state index contributed by atoms with van der Waals surface area (Å²) in [5, 5.41) is 0. The number of hydrogen-bond acceptors (Lipinski definition) is 7. The standard InChI is InChI=1S/C29H34O7/c1-4-22-26(27-28(33-22)36-29(2,3)35-27)34-25-16-15-23(31-18-21-13-9-6-10-14-21)24(32-25)19-30-17-20-11-7-5-8-12-20/h4-16,22-28H,1,17-19H2,2-3H3/t22-,23+,24-,25-,26+,27-,28-/m1/s1. The van der Waals surface area contributed by atoms with E-state index in [1.165, 1.54) is 0 Å². The molecule has 0 unspecified atom stereocenters. The van der Waals surface area contributed by atoms with Crippen LogP contribution in [0.4, 0.5) is 0 Å². The van der Waals surface area contributed by atoms with Crippen molar-refractivity contribution in [3.05, 3.63) is 96.6 Å². The fourth-order valence-electron chi connectivity index (χ4n) is 4.63. The normalized spacial score (nSPS) is 32.9. The Hall–Kier alpha value is -2.36. The molecule has 0 spiro atoms. The van der Waals surface area contributed by atoms with Crippen LogP contribution >= 0.6 is 0 Å². The molecule has 3 aliphatic heterocycles. The predicted molar refractivity (Wildman–Crippen MR) is 133 cm³/mol. The van der Waals surface area contributed by atoms with Gasteiger partial charge in [-0.2, -0.15) is 0 Å². The lowest BCUT2D eigenvalue weighted by Crippen LogP contribution is -2.45. The summed E-state index contributed by atoms with van der Waals surface area (Å²) < 4.78 is 42.8. The first-order valence-corrected chi connectivity index (χ1v) is 12.4. The van der Waals surface area contributed by atoms with Crippen LogP contribution < -0.4 is 0 Å². The molecule has 0 radical (unpaired) electrons. The number of fused-ring (bicyclic) bond motifs is 1. The average Bonchev–Trinajstić information content (AvgIpc) is 3.36. The zero-order chi connectivity index (χ0) is 25.0. The molecule has 5 rings (SSSR count). The van der Waals surface area contributed by atoms with E-state index >= 15 is 0 Å². The lowest BCUT2D eigenvalue weighted by Gasteiger charge is -2.34. The van der Waals surface area contributed by atoms with Crippen LogP contribution in [-0.2, 0) is 46.4 Å². The Kier molecular flexibility index (Phi) is 7.98. The minimum absolute atomic E-state index is 0.284. The summed E-state index contributed by atoms with van der Waals surface area (Å²) in [4.78, 5) is 0. The van der Waals surface area contributed by atoms with E-state index in [0.717, 1.165) is 11.1 Å². The van der Waals surface area contributed by atoms with Gasteiger partial charge < -0.3 is 33.2 Å². The van der Waals surface area contributed by atoms with Crippen molar-refractivity contribution < 1.29 is 33.2 Å². The van der Waals surface area contributed by atoms with Gasteiger partial charge in [-0.25, -0.2) is 0 Å². The highest BCUT2D eigenvalue weighted by atomic mass is 16.8. The van der Waals surface area contributed by atoms with Crippen LogP contribution in [0.2, 0.25) is 0 Å². The van der Waals surface area contributed by atoms with Gasteiger partial charge >= 0.3 is 0 Å². The molecule has 3 heterocycles. The second kappa shape index (κ2) is 11.4. The molecule has 7 atom stereocenters. The van der Waals surface area contributed by atoms with E-state index in [4.69, 9.17) is 33.2 Å². The molecule has 0 amide bonds. The monoisotopic (exact) mass is 494 g/mol. The highest BCUT2D eigenvalue weighted by molar-refractivity contribution is 5.15. The van der Waals surface area contributed by atoms with Crippen molar-refractivity contribution in [1.82, 2.24) is 0 Å². The van der Waals surface area contributed by atoms with Gasteiger partial charge in [-0.05, 0) is 31.1 Å². The van der Waals surface area contributed by atoms with Crippen molar-refractivity contribution in [3.63, 3.8) is 0 Å². The van der Waals surface area contributed by atoms with Crippen LogP contribution in [0.15, 0.2) is 85.5 Å². The Morgan fingerprint density at radius 3 is 2.28 bits per heavy atom. The van der Waals surface area contributed by atoms with E-state index in [0.29, 0.717) is 19.8 Å². The van der Waals surface area contributed by atoms with Gasteiger partial charge in [0.25, 0.3) is 0 Å². The Morgan fingerprint density at radius 1 is 0.889 bits per heavy atom. The number of benzene rings is 2. The van der Waals surface area contributed by atoms with Crippen molar-refractivity contribution in [2.75, 3.05) is 6.61 Å². The Labute approximate surface area is 212 Å². The fourth-order valence-corrected chi connectivity index (χ4v) is 4.63. The SMILES string of the molecule is C=C[C@H]1O[C@@H]2OC(C)(C)O[C@@H]2[C@H]1O[C@@H]1C=C[C@H](OCc2ccccc2)[C@@H](COCc2ccccc2)O1. The number of rotatable bonds is 10. The molecule has 192 valence electrons. The second-order valence-electron chi connectivity index (χ2n) is 9.60. The highest BCUT2D eigenvalue weighted by Gasteiger charge is 2.55.